The summed E-state index contributed by atoms with van der Waals surface area (Å²) in [6.45, 7) is 5.55. The minimum absolute atomic E-state index is 0.230. The maximum absolute atomic E-state index is 12.4. The summed E-state index contributed by atoms with van der Waals surface area (Å²) >= 11 is 1.77. The molecule has 2 heterocycles. The van der Waals surface area contributed by atoms with E-state index in [0.29, 0.717) is 12.3 Å². The zero-order chi connectivity index (χ0) is 15.5. The van der Waals surface area contributed by atoms with Gasteiger partial charge in [0.1, 0.15) is 0 Å². The number of amides is 1. The van der Waals surface area contributed by atoms with E-state index in [1.807, 2.05) is 11.1 Å². The second-order valence-corrected chi connectivity index (χ2v) is 7.48. The lowest BCUT2D eigenvalue weighted by Crippen LogP contribution is -2.49. The quantitative estimate of drug-likeness (QED) is 0.919. The number of nitrogens with zero attached hydrogens (tertiary/aromatic N) is 3. The molecule has 0 spiro atoms. The Bertz CT molecular complexity index is 510. The van der Waals surface area contributed by atoms with Gasteiger partial charge in [-0.25, -0.2) is 4.98 Å². The maximum Gasteiger partial charge on any atom is 0.223 e. The van der Waals surface area contributed by atoms with Gasteiger partial charge in [-0.05, 0) is 25.2 Å². The second kappa shape index (κ2) is 6.96. The predicted octanol–water partition coefficient (Wildman–Crippen LogP) is 1.87. The highest BCUT2D eigenvalue weighted by molar-refractivity contribution is 7.15. The van der Waals surface area contributed by atoms with Crippen molar-refractivity contribution in [2.45, 2.75) is 45.1 Å². The van der Waals surface area contributed by atoms with Gasteiger partial charge in [0, 0.05) is 49.7 Å². The molecule has 1 saturated heterocycles. The first-order valence-electron chi connectivity index (χ1n) is 8.40. The molecule has 0 unspecified atom stereocenters. The Morgan fingerprint density at radius 3 is 2.73 bits per heavy atom. The van der Waals surface area contributed by atoms with Gasteiger partial charge >= 0.3 is 0 Å². The third kappa shape index (κ3) is 3.43. The molecule has 5 nitrogen and oxygen atoms in total. The van der Waals surface area contributed by atoms with E-state index in [0.717, 1.165) is 50.6 Å². The van der Waals surface area contributed by atoms with Gasteiger partial charge in [0.05, 0.1) is 0 Å². The first-order valence-corrected chi connectivity index (χ1v) is 9.22. The SMILES string of the molecule is CCc1cnc(N2CCN(C(=O)C[C@@H]3CCC[C@H]3N)CC2)s1. The summed E-state index contributed by atoms with van der Waals surface area (Å²) in [5.41, 5.74) is 6.08. The molecular formula is C16H26N4OS. The summed E-state index contributed by atoms with van der Waals surface area (Å²) in [7, 11) is 0. The first kappa shape index (κ1) is 15.7. The van der Waals surface area contributed by atoms with Gasteiger partial charge in [-0.15, -0.1) is 11.3 Å². The van der Waals surface area contributed by atoms with Crippen LogP contribution in [-0.2, 0) is 11.2 Å². The van der Waals surface area contributed by atoms with Crippen LogP contribution in [0.1, 0.15) is 37.5 Å². The van der Waals surface area contributed by atoms with Crippen LogP contribution < -0.4 is 10.6 Å². The van der Waals surface area contributed by atoms with E-state index in [1.165, 1.54) is 11.3 Å². The molecule has 0 aromatic carbocycles. The third-order valence-corrected chi connectivity index (χ3v) is 6.15. The molecule has 1 aliphatic heterocycles. The Hall–Kier alpha value is -1.14. The fourth-order valence-corrected chi connectivity index (χ4v) is 4.33. The third-order valence-electron chi connectivity index (χ3n) is 4.95. The molecule has 0 bridgehead atoms. The molecule has 6 heteroatoms. The number of hydrogen-bond acceptors (Lipinski definition) is 5. The summed E-state index contributed by atoms with van der Waals surface area (Å²) in [6.07, 6.45) is 7.02. The molecule has 1 saturated carbocycles. The number of aryl methyl sites for hydroxylation is 1. The van der Waals surface area contributed by atoms with E-state index in [9.17, 15) is 4.79 Å². The van der Waals surface area contributed by atoms with E-state index >= 15 is 0 Å². The van der Waals surface area contributed by atoms with E-state index in [-0.39, 0.29) is 11.9 Å². The van der Waals surface area contributed by atoms with Crippen molar-refractivity contribution < 1.29 is 4.79 Å². The van der Waals surface area contributed by atoms with Crippen LogP contribution in [0.5, 0.6) is 0 Å². The zero-order valence-electron chi connectivity index (χ0n) is 13.3. The predicted molar refractivity (Wildman–Crippen MR) is 90.2 cm³/mol. The first-order chi connectivity index (χ1) is 10.7. The van der Waals surface area contributed by atoms with Gasteiger partial charge in [-0.1, -0.05) is 13.3 Å². The average molecular weight is 322 g/mol. The van der Waals surface area contributed by atoms with Crippen molar-refractivity contribution in [1.29, 1.82) is 0 Å². The fraction of sp³-hybridized carbons (Fsp3) is 0.750. The lowest BCUT2D eigenvalue weighted by atomic mass is 9.99. The summed E-state index contributed by atoms with van der Waals surface area (Å²) in [5.74, 6) is 0.687. The minimum atomic E-state index is 0.230. The summed E-state index contributed by atoms with van der Waals surface area (Å²) in [6, 6.07) is 0.230. The molecule has 2 N–H and O–H groups in total. The van der Waals surface area contributed by atoms with Crippen molar-refractivity contribution in [3.63, 3.8) is 0 Å². The van der Waals surface area contributed by atoms with E-state index < -0.39 is 0 Å². The number of carbonyl (C=O) groups is 1. The van der Waals surface area contributed by atoms with Crippen molar-refractivity contribution in [1.82, 2.24) is 9.88 Å². The van der Waals surface area contributed by atoms with Crippen LogP contribution in [0.15, 0.2) is 6.20 Å². The van der Waals surface area contributed by atoms with Crippen LogP contribution in [0.2, 0.25) is 0 Å². The number of carbonyl (C=O) groups excluding carboxylic acids is 1. The largest absolute Gasteiger partial charge is 0.345 e. The van der Waals surface area contributed by atoms with Gasteiger partial charge in [0.15, 0.2) is 5.13 Å². The molecule has 3 rings (SSSR count). The topological polar surface area (TPSA) is 62.5 Å². The number of hydrogen-bond donors (Lipinski definition) is 1. The average Bonchev–Trinajstić information content (AvgIpc) is 3.17. The molecule has 2 aliphatic rings. The van der Waals surface area contributed by atoms with Gasteiger partial charge in [0.2, 0.25) is 5.91 Å². The van der Waals surface area contributed by atoms with Crippen LogP contribution in [0.4, 0.5) is 5.13 Å². The number of anilines is 1. The van der Waals surface area contributed by atoms with Crippen LogP contribution in [0, 0.1) is 5.92 Å². The Kier molecular flexibility index (Phi) is 4.98. The molecule has 1 aromatic heterocycles. The van der Waals surface area contributed by atoms with E-state index in [4.69, 9.17) is 5.73 Å². The lowest BCUT2D eigenvalue weighted by molar-refractivity contribution is -0.132. The van der Waals surface area contributed by atoms with Crippen molar-refractivity contribution in [2.75, 3.05) is 31.1 Å². The zero-order valence-corrected chi connectivity index (χ0v) is 14.1. The van der Waals surface area contributed by atoms with Gasteiger partial charge < -0.3 is 15.5 Å². The van der Waals surface area contributed by atoms with E-state index in [1.54, 1.807) is 11.3 Å². The Morgan fingerprint density at radius 1 is 1.36 bits per heavy atom. The Labute approximate surface area is 136 Å². The van der Waals surface area contributed by atoms with Gasteiger partial charge in [-0.2, -0.15) is 0 Å². The molecule has 2 fully saturated rings. The smallest absolute Gasteiger partial charge is 0.223 e. The molecule has 2 atom stereocenters. The van der Waals surface area contributed by atoms with Crippen LogP contribution >= 0.6 is 11.3 Å². The number of aromatic nitrogens is 1. The molecule has 1 aliphatic carbocycles. The summed E-state index contributed by atoms with van der Waals surface area (Å²) < 4.78 is 0. The highest BCUT2D eigenvalue weighted by Crippen LogP contribution is 2.28. The maximum atomic E-state index is 12.4. The van der Waals surface area contributed by atoms with Gasteiger partial charge in [0.25, 0.3) is 0 Å². The summed E-state index contributed by atoms with van der Waals surface area (Å²) in [4.78, 5) is 22.6. The number of rotatable bonds is 4. The molecular weight excluding hydrogens is 296 g/mol. The standard InChI is InChI=1S/C16H26N4OS/c1-2-13-11-18-16(22-13)20-8-6-19(7-9-20)15(21)10-12-4-3-5-14(12)17/h11-12,14H,2-10,17H2,1H3/t12-,14+/m0/s1. The lowest BCUT2D eigenvalue weighted by Gasteiger charge is -2.35. The Morgan fingerprint density at radius 2 is 2.14 bits per heavy atom. The highest BCUT2D eigenvalue weighted by Gasteiger charge is 2.29. The number of thiazole rings is 1. The van der Waals surface area contributed by atoms with Crippen molar-refractivity contribution in [3.8, 4) is 0 Å². The Balaban J connectivity index is 1.49. The second-order valence-electron chi connectivity index (χ2n) is 6.39. The molecule has 1 amide bonds. The van der Waals surface area contributed by atoms with Crippen molar-refractivity contribution in [3.05, 3.63) is 11.1 Å². The summed E-state index contributed by atoms with van der Waals surface area (Å²) in [5, 5.41) is 1.10. The fourth-order valence-electron chi connectivity index (χ4n) is 3.43. The molecule has 0 radical (unpaired) electrons. The van der Waals surface area contributed by atoms with Crippen molar-refractivity contribution in [2.24, 2.45) is 11.7 Å². The molecule has 22 heavy (non-hydrogen) atoms. The monoisotopic (exact) mass is 322 g/mol. The van der Waals surface area contributed by atoms with E-state index in [2.05, 4.69) is 16.8 Å². The minimum Gasteiger partial charge on any atom is -0.345 e. The van der Waals surface area contributed by atoms with Crippen molar-refractivity contribution >= 4 is 22.4 Å². The van der Waals surface area contributed by atoms with Crippen LogP contribution in [0.25, 0.3) is 0 Å². The van der Waals surface area contributed by atoms with Crippen LogP contribution in [0.3, 0.4) is 0 Å². The highest BCUT2D eigenvalue weighted by atomic mass is 32.1. The normalized spacial score (nSPS) is 25.7. The number of piperazine rings is 1. The number of nitrogens with two attached hydrogens (primary N) is 1. The molecule has 122 valence electrons. The molecule has 1 aromatic rings. The van der Waals surface area contributed by atoms with Crippen LogP contribution in [-0.4, -0.2) is 48.0 Å². The van der Waals surface area contributed by atoms with Gasteiger partial charge in [-0.3, -0.25) is 4.79 Å².